The smallest absolute Gasteiger partial charge is 0.412 e. The zero-order valence-corrected chi connectivity index (χ0v) is 7.59. The molecule has 1 N–H and O–H groups in total. The molecule has 74 valence electrons. The van der Waals surface area contributed by atoms with Crippen molar-refractivity contribution in [1.29, 1.82) is 0 Å². The number of aliphatic hydroxyl groups is 1. The second-order valence-electron chi connectivity index (χ2n) is 3.15. The third-order valence-electron chi connectivity index (χ3n) is 2.23. The molecule has 1 saturated heterocycles. The minimum atomic E-state index is -0.457. The van der Waals surface area contributed by atoms with Gasteiger partial charge in [0.2, 0.25) is 0 Å². The Balaban J connectivity index is 2.13. The van der Waals surface area contributed by atoms with Gasteiger partial charge < -0.3 is 9.84 Å². The van der Waals surface area contributed by atoms with E-state index in [0.717, 1.165) is 5.56 Å². The number of carbonyl (C=O) groups excluding carboxylic acids is 1. The predicted octanol–water partition coefficient (Wildman–Crippen LogP) is 1.13. The summed E-state index contributed by atoms with van der Waals surface area (Å²) in [6.45, 7) is 0.127. The van der Waals surface area contributed by atoms with Crippen LogP contribution in [0.4, 0.5) is 4.79 Å². The quantitative estimate of drug-likeness (QED) is 0.766. The Kier molecular flexibility index (Phi) is 2.37. The molecule has 1 aliphatic rings. The summed E-state index contributed by atoms with van der Waals surface area (Å²) >= 11 is 0. The first-order chi connectivity index (χ1) is 6.81. The van der Waals surface area contributed by atoms with Gasteiger partial charge in [-0.3, -0.25) is 4.90 Å². The van der Waals surface area contributed by atoms with Crippen molar-refractivity contribution in [3.8, 4) is 0 Å². The Labute approximate surface area is 81.7 Å². The number of hydrogen-bond acceptors (Lipinski definition) is 3. The van der Waals surface area contributed by atoms with E-state index in [2.05, 4.69) is 0 Å². The van der Waals surface area contributed by atoms with Crippen LogP contribution < -0.4 is 0 Å². The molecule has 4 heteroatoms. The van der Waals surface area contributed by atoms with Gasteiger partial charge in [-0.15, -0.1) is 0 Å². The summed E-state index contributed by atoms with van der Waals surface area (Å²) < 4.78 is 5.08. The molecule has 1 aliphatic heterocycles. The number of rotatable bonds is 2. The van der Waals surface area contributed by atoms with Crippen molar-refractivity contribution in [3.05, 3.63) is 35.9 Å². The van der Waals surface area contributed by atoms with Crippen molar-refractivity contribution in [1.82, 2.24) is 4.90 Å². The Morgan fingerprint density at radius 3 is 2.71 bits per heavy atom. The van der Waals surface area contributed by atoms with Crippen LogP contribution >= 0.6 is 0 Å². The molecule has 0 radical (unpaired) electrons. The van der Waals surface area contributed by atoms with Gasteiger partial charge in [-0.2, -0.15) is 0 Å². The molecule has 1 fully saturated rings. The average Bonchev–Trinajstić information content (AvgIpc) is 2.61. The van der Waals surface area contributed by atoms with Gasteiger partial charge in [0.15, 0.2) is 0 Å². The Morgan fingerprint density at radius 1 is 1.43 bits per heavy atom. The van der Waals surface area contributed by atoms with Gasteiger partial charge in [-0.05, 0) is 5.56 Å². The number of nitrogens with zero attached hydrogens (tertiary/aromatic N) is 1. The highest BCUT2D eigenvalue weighted by molar-refractivity contribution is 5.70. The summed E-state index contributed by atoms with van der Waals surface area (Å²) in [6, 6.07) is 9.50. The lowest BCUT2D eigenvalue weighted by Gasteiger charge is -2.08. The fourth-order valence-electron chi connectivity index (χ4n) is 1.46. The predicted molar refractivity (Wildman–Crippen MR) is 49.5 cm³/mol. The molecule has 0 spiro atoms. The molecule has 0 aliphatic carbocycles. The first-order valence-corrected chi connectivity index (χ1v) is 4.42. The van der Waals surface area contributed by atoms with E-state index in [0.29, 0.717) is 6.54 Å². The van der Waals surface area contributed by atoms with Crippen LogP contribution in [0.2, 0.25) is 0 Å². The van der Waals surface area contributed by atoms with E-state index in [1.165, 1.54) is 4.90 Å². The lowest BCUT2D eigenvalue weighted by atomic mass is 10.1. The minimum Gasteiger partial charge on any atom is -0.439 e. The zero-order valence-electron chi connectivity index (χ0n) is 7.59. The van der Waals surface area contributed by atoms with Gasteiger partial charge in [0, 0.05) is 0 Å². The van der Waals surface area contributed by atoms with Crippen molar-refractivity contribution in [2.24, 2.45) is 0 Å². The molecular weight excluding hydrogens is 182 g/mol. The molecule has 1 aromatic carbocycles. The van der Waals surface area contributed by atoms with E-state index in [1.807, 2.05) is 30.3 Å². The van der Waals surface area contributed by atoms with E-state index in [-0.39, 0.29) is 12.8 Å². The standard InChI is InChI=1S/C10H11NO3/c12-7-11-6-9(14-10(11)13)8-4-2-1-3-5-8/h1-5,9,12H,6-7H2/t9-/m1/s1. The molecule has 2 rings (SSSR count). The van der Waals surface area contributed by atoms with Crippen molar-refractivity contribution in [2.75, 3.05) is 13.3 Å². The van der Waals surface area contributed by atoms with Crippen molar-refractivity contribution >= 4 is 6.09 Å². The molecule has 0 saturated carbocycles. The lowest BCUT2D eigenvalue weighted by Crippen LogP contribution is -2.24. The number of amides is 1. The van der Waals surface area contributed by atoms with Gasteiger partial charge in [-0.1, -0.05) is 30.3 Å². The summed E-state index contributed by atoms with van der Waals surface area (Å²) in [4.78, 5) is 12.4. The summed E-state index contributed by atoms with van der Waals surface area (Å²) in [5.41, 5.74) is 0.955. The summed E-state index contributed by atoms with van der Waals surface area (Å²) in [5.74, 6) is 0. The molecule has 4 nitrogen and oxygen atoms in total. The molecule has 0 aromatic heterocycles. The number of cyclic esters (lactones) is 1. The highest BCUT2D eigenvalue weighted by atomic mass is 16.6. The third kappa shape index (κ3) is 1.56. The third-order valence-corrected chi connectivity index (χ3v) is 2.23. The lowest BCUT2D eigenvalue weighted by molar-refractivity contribution is 0.112. The summed E-state index contributed by atoms with van der Waals surface area (Å²) in [7, 11) is 0. The van der Waals surface area contributed by atoms with Crippen LogP contribution in [0.25, 0.3) is 0 Å². The molecule has 1 atom stereocenters. The maximum absolute atomic E-state index is 11.1. The fraction of sp³-hybridized carbons (Fsp3) is 0.300. The summed E-state index contributed by atoms with van der Waals surface area (Å²) in [6.07, 6.45) is -0.711. The van der Waals surface area contributed by atoms with Crippen molar-refractivity contribution < 1.29 is 14.6 Å². The molecule has 1 heterocycles. The highest BCUT2D eigenvalue weighted by Gasteiger charge is 2.31. The molecule has 1 amide bonds. The average molecular weight is 193 g/mol. The van der Waals surface area contributed by atoms with Crippen LogP contribution in [0.15, 0.2) is 30.3 Å². The number of carbonyl (C=O) groups is 1. The van der Waals surface area contributed by atoms with Gasteiger partial charge in [-0.25, -0.2) is 4.79 Å². The molecular formula is C10H11NO3. The molecule has 0 bridgehead atoms. The highest BCUT2D eigenvalue weighted by Crippen LogP contribution is 2.24. The second kappa shape index (κ2) is 3.67. The van der Waals surface area contributed by atoms with E-state index in [9.17, 15) is 4.79 Å². The first-order valence-electron chi connectivity index (χ1n) is 4.42. The van der Waals surface area contributed by atoms with E-state index in [4.69, 9.17) is 9.84 Å². The Hall–Kier alpha value is -1.55. The maximum Gasteiger partial charge on any atom is 0.412 e. The van der Waals surface area contributed by atoms with Crippen LogP contribution in [0.5, 0.6) is 0 Å². The van der Waals surface area contributed by atoms with Crippen LogP contribution in [0.1, 0.15) is 11.7 Å². The molecule has 14 heavy (non-hydrogen) atoms. The van der Waals surface area contributed by atoms with E-state index >= 15 is 0 Å². The monoisotopic (exact) mass is 193 g/mol. The largest absolute Gasteiger partial charge is 0.439 e. The number of benzene rings is 1. The Bertz CT molecular complexity index is 325. The summed E-state index contributed by atoms with van der Waals surface area (Å²) in [5, 5.41) is 8.83. The maximum atomic E-state index is 11.1. The number of hydrogen-bond donors (Lipinski definition) is 1. The van der Waals surface area contributed by atoms with Crippen LogP contribution in [-0.4, -0.2) is 29.4 Å². The van der Waals surface area contributed by atoms with Gasteiger partial charge in [0.25, 0.3) is 0 Å². The van der Waals surface area contributed by atoms with Crippen LogP contribution in [0.3, 0.4) is 0 Å². The molecule has 0 unspecified atom stereocenters. The number of aliphatic hydroxyl groups excluding tert-OH is 1. The van der Waals surface area contributed by atoms with E-state index in [1.54, 1.807) is 0 Å². The normalized spacial score (nSPS) is 21.1. The van der Waals surface area contributed by atoms with Crippen molar-refractivity contribution in [3.63, 3.8) is 0 Å². The zero-order chi connectivity index (χ0) is 9.97. The van der Waals surface area contributed by atoms with Crippen molar-refractivity contribution in [2.45, 2.75) is 6.10 Å². The SMILES string of the molecule is O=C1O[C@@H](c2ccccc2)CN1CO. The van der Waals surface area contributed by atoms with E-state index < -0.39 is 6.09 Å². The fourth-order valence-corrected chi connectivity index (χ4v) is 1.46. The van der Waals surface area contributed by atoms with Gasteiger partial charge in [0.1, 0.15) is 12.8 Å². The van der Waals surface area contributed by atoms with Gasteiger partial charge >= 0.3 is 6.09 Å². The topological polar surface area (TPSA) is 49.8 Å². The Morgan fingerprint density at radius 2 is 2.14 bits per heavy atom. The first kappa shape index (κ1) is 9.02. The van der Waals surface area contributed by atoms with Crippen LogP contribution in [0, 0.1) is 0 Å². The number of ether oxygens (including phenoxy) is 1. The molecule has 1 aromatic rings. The van der Waals surface area contributed by atoms with Gasteiger partial charge in [0.05, 0.1) is 6.54 Å². The van der Waals surface area contributed by atoms with Crippen LogP contribution in [-0.2, 0) is 4.74 Å². The second-order valence-corrected chi connectivity index (χ2v) is 3.15. The minimum absolute atomic E-state index is 0.254.